The first-order valence-corrected chi connectivity index (χ1v) is 16.4. The summed E-state index contributed by atoms with van der Waals surface area (Å²) in [6, 6.07) is 60.5. The van der Waals surface area contributed by atoms with Gasteiger partial charge in [0.1, 0.15) is 11.2 Å². The molecular formula is C45H29N3O. The van der Waals surface area contributed by atoms with Crippen molar-refractivity contribution in [2.24, 2.45) is 0 Å². The smallest absolute Gasteiger partial charge is 0.164 e. The Morgan fingerprint density at radius 3 is 1.43 bits per heavy atom. The molecule has 2 heterocycles. The van der Waals surface area contributed by atoms with Crippen LogP contribution in [0.2, 0.25) is 0 Å². The first kappa shape index (κ1) is 28.6. The van der Waals surface area contributed by atoms with E-state index in [-0.39, 0.29) is 0 Å². The molecule has 0 radical (unpaired) electrons. The van der Waals surface area contributed by atoms with E-state index < -0.39 is 0 Å². The first-order valence-electron chi connectivity index (χ1n) is 16.4. The van der Waals surface area contributed by atoms with Crippen LogP contribution in [0.15, 0.2) is 180 Å². The van der Waals surface area contributed by atoms with Crippen LogP contribution in [0.3, 0.4) is 0 Å². The van der Waals surface area contributed by atoms with E-state index in [4.69, 9.17) is 19.4 Å². The van der Waals surface area contributed by atoms with E-state index in [9.17, 15) is 0 Å². The zero-order valence-corrected chi connectivity index (χ0v) is 26.5. The van der Waals surface area contributed by atoms with Crippen molar-refractivity contribution in [3.05, 3.63) is 176 Å². The third kappa shape index (κ3) is 5.45. The molecular weight excluding hydrogens is 599 g/mol. The fourth-order valence-corrected chi connectivity index (χ4v) is 6.50. The van der Waals surface area contributed by atoms with Gasteiger partial charge >= 0.3 is 0 Å². The molecule has 0 bridgehead atoms. The second-order valence-corrected chi connectivity index (χ2v) is 12.1. The topological polar surface area (TPSA) is 51.8 Å². The SMILES string of the molecule is c1ccc(-c2cc(-c3cccc(-c4cccc5c4oc4ccccc45)c3)cc(-c3nc(-c4ccccc4)nc(-c4ccccc4)n3)c2)cc1. The number of hydrogen-bond donors (Lipinski definition) is 0. The third-order valence-electron chi connectivity index (χ3n) is 8.91. The number of furan rings is 1. The van der Waals surface area contributed by atoms with Crippen LogP contribution >= 0.6 is 0 Å². The number of benzene rings is 7. The zero-order chi connectivity index (χ0) is 32.6. The lowest BCUT2D eigenvalue weighted by Gasteiger charge is -2.13. The van der Waals surface area contributed by atoms with Gasteiger partial charge in [0.05, 0.1) is 0 Å². The number of hydrogen-bond acceptors (Lipinski definition) is 4. The third-order valence-corrected chi connectivity index (χ3v) is 8.91. The predicted octanol–water partition coefficient (Wildman–Crippen LogP) is 11.8. The minimum atomic E-state index is 0.620. The number of aromatic nitrogens is 3. The van der Waals surface area contributed by atoms with Crippen molar-refractivity contribution >= 4 is 21.9 Å². The van der Waals surface area contributed by atoms with Crippen LogP contribution in [-0.2, 0) is 0 Å². The van der Waals surface area contributed by atoms with Gasteiger partial charge in [-0.25, -0.2) is 15.0 Å². The van der Waals surface area contributed by atoms with Crippen molar-refractivity contribution in [3.8, 4) is 67.5 Å². The summed E-state index contributed by atoms with van der Waals surface area (Å²) in [7, 11) is 0. The van der Waals surface area contributed by atoms with Gasteiger partial charge in [0, 0.05) is 33.0 Å². The Bertz CT molecular complexity index is 2540. The van der Waals surface area contributed by atoms with Crippen LogP contribution in [0.25, 0.3) is 89.5 Å². The molecule has 4 nitrogen and oxygen atoms in total. The minimum Gasteiger partial charge on any atom is -0.455 e. The zero-order valence-electron chi connectivity index (χ0n) is 26.5. The van der Waals surface area contributed by atoms with Crippen LogP contribution in [0.1, 0.15) is 0 Å². The molecule has 0 atom stereocenters. The van der Waals surface area contributed by atoms with Crippen molar-refractivity contribution in [1.82, 2.24) is 15.0 Å². The Morgan fingerprint density at radius 2 is 0.755 bits per heavy atom. The Hall–Kier alpha value is -6.65. The summed E-state index contributed by atoms with van der Waals surface area (Å²) in [4.78, 5) is 15.0. The lowest BCUT2D eigenvalue weighted by Crippen LogP contribution is -2.00. The summed E-state index contributed by atoms with van der Waals surface area (Å²) >= 11 is 0. The highest BCUT2D eigenvalue weighted by molar-refractivity contribution is 6.09. The molecule has 9 rings (SSSR count). The highest BCUT2D eigenvalue weighted by atomic mass is 16.3. The maximum absolute atomic E-state index is 6.41. The van der Waals surface area contributed by atoms with E-state index in [0.717, 1.165) is 72.0 Å². The van der Waals surface area contributed by atoms with Crippen molar-refractivity contribution in [2.45, 2.75) is 0 Å². The van der Waals surface area contributed by atoms with Gasteiger partial charge in [0.25, 0.3) is 0 Å². The van der Waals surface area contributed by atoms with Crippen LogP contribution in [0.4, 0.5) is 0 Å². The minimum absolute atomic E-state index is 0.620. The molecule has 0 N–H and O–H groups in total. The lowest BCUT2D eigenvalue weighted by molar-refractivity contribution is 0.670. The maximum Gasteiger partial charge on any atom is 0.164 e. The molecule has 2 aromatic heterocycles. The molecule has 7 aromatic carbocycles. The number of nitrogens with zero attached hydrogens (tertiary/aromatic N) is 3. The summed E-state index contributed by atoms with van der Waals surface area (Å²) in [5.41, 5.74) is 11.1. The molecule has 0 amide bonds. The van der Waals surface area contributed by atoms with Gasteiger partial charge < -0.3 is 4.42 Å². The molecule has 0 aliphatic heterocycles. The van der Waals surface area contributed by atoms with Crippen LogP contribution in [0.5, 0.6) is 0 Å². The van der Waals surface area contributed by atoms with Gasteiger partial charge in [-0.3, -0.25) is 0 Å². The number of rotatable bonds is 6. The molecule has 0 unspecified atom stereocenters. The van der Waals surface area contributed by atoms with Crippen LogP contribution < -0.4 is 0 Å². The average Bonchev–Trinajstić information content (AvgIpc) is 3.58. The fraction of sp³-hybridized carbons (Fsp3) is 0. The van der Waals surface area contributed by atoms with Gasteiger partial charge in [0.2, 0.25) is 0 Å². The normalized spacial score (nSPS) is 11.3. The Labute approximate surface area is 284 Å². The quantitative estimate of drug-likeness (QED) is 0.184. The number of fused-ring (bicyclic) bond motifs is 3. The monoisotopic (exact) mass is 627 g/mol. The van der Waals surface area contributed by atoms with E-state index in [0.29, 0.717) is 17.5 Å². The Kier molecular flexibility index (Phi) is 7.10. The van der Waals surface area contributed by atoms with Crippen molar-refractivity contribution < 1.29 is 4.42 Å². The molecule has 0 aliphatic rings. The van der Waals surface area contributed by atoms with Crippen LogP contribution in [0, 0.1) is 0 Å². The lowest BCUT2D eigenvalue weighted by atomic mass is 9.93. The first-order chi connectivity index (χ1) is 24.3. The molecule has 9 aromatic rings. The highest BCUT2D eigenvalue weighted by Gasteiger charge is 2.16. The molecule has 0 spiro atoms. The molecule has 0 saturated carbocycles. The number of para-hydroxylation sites is 2. The summed E-state index contributed by atoms with van der Waals surface area (Å²) < 4.78 is 6.41. The molecule has 230 valence electrons. The largest absolute Gasteiger partial charge is 0.455 e. The molecule has 0 fully saturated rings. The summed E-state index contributed by atoms with van der Waals surface area (Å²) in [5.74, 6) is 1.89. The Balaban J connectivity index is 1.23. The van der Waals surface area contributed by atoms with Crippen molar-refractivity contribution in [1.29, 1.82) is 0 Å². The van der Waals surface area contributed by atoms with E-state index in [1.807, 2.05) is 78.9 Å². The van der Waals surface area contributed by atoms with E-state index in [2.05, 4.69) is 97.1 Å². The van der Waals surface area contributed by atoms with Gasteiger partial charge in [-0.2, -0.15) is 0 Å². The van der Waals surface area contributed by atoms with Crippen LogP contribution in [-0.4, -0.2) is 15.0 Å². The van der Waals surface area contributed by atoms with Gasteiger partial charge in [-0.05, 0) is 58.1 Å². The van der Waals surface area contributed by atoms with Gasteiger partial charge in [-0.1, -0.05) is 146 Å². The molecule has 49 heavy (non-hydrogen) atoms. The van der Waals surface area contributed by atoms with E-state index in [1.165, 1.54) is 0 Å². The molecule has 0 saturated heterocycles. The standard InChI is InChI=1S/C45H29N3O/c1-4-14-30(15-5-1)35-27-36(33-20-12-21-34(26-33)38-23-13-24-40-39-22-10-11-25-41(39)49-42(38)40)29-37(28-35)45-47-43(31-16-6-2-7-17-31)46-44(48-45)32-18-8-3-9-19-32/h1-29H. The highest BCUT2D eigenvalue weighted by Crippen LogP contribution is 2.38. The van der Waals surface area contributed by atoms with Gasteiger partial charge in [0.15, 0.2) is 17.5 Å². The Morgan fingerprint density at radius 1 is 0.306 bits per heavy atom. The maximum atomic E-state index is 6.41. The fourth-order valence-electron chi connectivity index (χ4n) is 6.50. The average molecular weight is 628 g/mol. The van der Waals surface area contributed by atoms with E-state index in [1.54, 1.807) is 0 Å². The summed E-state index contributed by atoms with van der Waals surface area (Å²) in [6.45, 7) is 0. The molecule has 4 heteroatoms. The van der Waals surface area contributed by atoms with E-state index >= 15 is 0 Å². The summed E-state index contributed by atoms with van der Waals surface area (Å²) in [6.07, 6.45) is 0. The molecule has 0 aliphatic carbocycles. The summed E-state index contributed by atoms with van der Waals surface area (Å²) in [5, 5.41) is 2.24. The van der Waals surface area contributed by atoms with Gasteiger partial charge in [-0.15, -0.1) is 0 Å². The second-order valence-electron chi connectivity index (χ2n) is 12.1. The predicted molar refractivity (Wildman–Crippen MR) is 200 cm³/mol. The van der Waals surface area contributed by atoms with Crippen molar-refractivity contribution in [3.63, 3.8) is 0 Å². The second kappa shape index (κ2) is 12.2. The van der Waals surface area contributed by atoms with Crippen molar-refractivity contribution in [2.75, 3.05) is 0 Å².